The van der Waals surface area contributed by atoms with Crippen LogP contribution in [0.5, 0.6) is 0 Å². The second-order valence-electron chi connectivity index (χ2n) is 6.75. The Labute approximate surface area is 185 Å². The molecule has 2 rings (SSSR count). The van der Waals surface area contributed by atoms with Crippen LogP contribution in [-0.2, 0) is 22.6 Å². The van der Waals surface area contributed by atoms with Crippen molar-refractivity contribution in [1.82, 2.24) is 10.2 Å². The van der Waals surface area contributed by atoms with Gasteiger partial charge in [-0.05, 0) is 25.5 Å². The van der Waals surface area contributed by atoms with Crippen LogP contribution in [0.2, 0.25) is 10.0 Å². The average Bonchev–Trinajstić information content (AvgIpc) is 2.71. The van der Waals surface area contributed by atoms with E-state index in [0.717, 1.165) is 6.42 Å². The Morgan fingerprint density at radius 3 is 2.37 bits per heavy atom. The van der Waals surface area contributed by atoms with Crippen molar-refractivity contribution in [1.29, 1.82) is 0 Å². The molecule has 30 heavy (non-hydrogen) atoms. The number of para-hydroxylation sites is 1. The van der Waals surface area contributed by atoms with E-state index >= 15 is 0 Å². The second kappa shape index (κ2) is 10.9. The van der Waals surface area contributed by atoms with Crippen LogP contribution in [0.3, 0.4) is 0 Å². The maximum atomic E-state index is 13.2. The molecule has 0 radical (unpaired) electrons. The SMILES string of the molecule is CCCNC(=O)[C@@H](C)N(Cc1c(Cl)cccc1Cl)C(=O)Cc1ccccc1[N+](=O)[O-]. The van der Waals surface area contributed by atoms with E-state index in [9.17, 15) is 19.7 Å². The van der Waals surface area contributed by atoms with Gasteiger partial charge in [-0.2, -0.15) is 0 Å². The third kappa shape index (κ3) is 5.93. The molecule has 0 spiro atoms. The predicted octanol–water partition coefficient (Wildman–Crippen LogP) is 4.39. The van der Waals surface area contributed by atoms with Crippen LogP contribution in [0.4, 0.5) is 5.69 Å². The molecule has 0 saturated heterocycles. The minimum absolute atomic E-state index is 0.00131. The van der Waals surface area contributed by atoms with Crippen LogP contribution in [0.1, 0.15) is 31.4 Å². The van der Waals surface area contributed by atoms with E-state index in [4.69, 9.17) is 23.2 Å². The third-order valence-electron chi connectivity index (χ3n) is 4.64. The van der Waals surface area contributed by atoms with E-state index in [0.29, 0.717) is 22.2 Å². The summed E-state index contributed by atoms with van der Waals surface area (Å²) in [7, 11) is 0. The maximum absolute atomic E-state index is 13.2. The van der Waals surface area contributed by atoms with Gasteiger partial charge in [-0.15, -0.1) is 0 Å². The highest BCUT2D eigenvalue weighted by atomic mass is 35.5. The van der Waals surface area contributed by atoms with Gasteiger partial charge in [0.2, 0.25) is 11.8 Å². The van der Waals surface area contributed by atoms with Gasteiger partial charge in [0.05, 0.1) is 11.3 Å². The number of nitro groups is 1. The van der Waals surface area contributed by atoms with Gasteiger partial charge in [0.25, 0.3) is 5.69 Å². The molecule has 9 heteroatoms. The van der Waals surface area contributed by atoms with Gasteiger partial charge in [0.15, 0.2) is 0 Å². The Morgan fingerprint density at radius 1 is 1.13 bits per heavy atom. The molecule has 2 aromatic carbocycles. The van der Waals surface area contributed by atoms with Crippen molar-refractivity contribution in [2.45, 2.75) is 39.3 Å². The molecule has 1 atom stereocenters. The lowest BCUT2D eigenvalue weighted by atomic mass is 10.1. The Bertz CT molecular complexity index is 916. The molecule has 0 bridgehead atoms. The fraction of sp³-hybridized carbons (Fsp3) is 0.333. The van der Waals surface area contributed by atoms with Crippen molar-refractivity contribution in [2.24, 2.45) is 0 Å². The molecule has 0 aliphatic rings. The Morgan fingerprint density at radius 2 is 1.77 bits per heavy atom. The number of amides is 2. The maximum Gasteiger partial charge on any atom is 0.273 e. The quantitative estimate of drug-likeness (QED) is 0.451. The fourth-order valence-electron chi connectivity index (χ4n) is 2.94. The first-order valence-electron chi connectivity index (χ1n) is 9.48. The molecule has 2 aromatic rings. The van der Waals surface area contributed by atoms with Crippen molar-refractivity contribution < 1.29 is 14.5 Å². The molecule has 2 amide bonds. The average molecular weight is 452 g/mol. The number of halogens is 2. The molecule has 0 aliphatic carbocycles. The first-order chi connectivity index (χ1) is 14.3. The summed E-state index contributed by atoms with van der Waals surface area (Å²) >= 11 is 12.5. The monoisotopic (exact) mass is 451 g/mol. The van der Waals surface area contributed by atoms with Gasteiger partial charge in [-0.25, -0.2) is 0 Å². The lowest BCUT2D eigenvalue weighted by Crippen LogP contribution is -2.48. The van der Waals surface area contributed by atoms with Crippen LogP contribution in [0.25, 0.3) is 0 Å². The van der Waals surface area contributed by atoms with Crippen molar-refractivity contribution in [3.05, 3.63) is 73.8 Å². The molecule has 0 aromatic heterocycles. The predicted molar refractivity (Wildman–Crippen MR) is 117 cm³/mol. The molecule has 0 saturated carbocycles. The molecule has 0 heterocycles. The molecule has 0 aliphatic heterocycles. The van der Waals surface area contributed by atoms with Gasteiger partial charge < -0.3 is 10.2 Å². The van der Waals surface area contributed by atoms with Gasteiger partial charge in [-0.3, -0.25) is 19.7 Å². The first kappa shape index (κ1) is 23.6. The van der Waals surface area contributed by atoms with Gasteiger partial charge >= 0.3 is 0 Å². The number of hydrogen-bond donors (Lipinski definition) is 1. The summed E-state index contributed by atoms with van der Waals surface area (Å²) in [6.07, 6.45) is 0.517. The lowest BCUT2D eigenvalue weighted by Gasteiger charge is -2.29. The van der Waals surface area contributed by atoms with E-state index < -0.39 is 16.9 Å². The summed E-state index contributed by atoms with van der Waals surface area (Å²) < 4.78 is 0. The van der Waals surface area contributed by atoms with Crippen molar-refractivity contribution in [3.63, 3.8) is 0 Å². The topological polar surface area (TPSA) is 92.6 Å². The summed E-state index contributed by atoms with van der Waals surface area (Å²) in [6, 6.07) is 10.2. The van der Waals surface area contributed by atoms with E-state index in [2.05, 4.69) is 5.32 Å². The number of nitrogens with one attached hydrogen (secondary N) is 1. The zero-order valence-electron chi connectivity index (χ0n) is 16.7. The molecule has 0 unspecified atom stereocenters. The van der Waals surface area contributed by atoms with Crippen molar-refractivity contribution in [2.75, 3.05) is 6.54 Å². The highest BCUT2D eigenvalue weighted by Crippen LogP contribution is 2.27. The zero-order chi connectivity index (χ0) is 22.3. The number of rotatable bonds is 9. The molecular weight excluding hydrogens is 429 g/mol. The number of carbonyl (C=O) groups excluding carboxylic acids is 2. The molecule has 1 N–H and O–H groups in total. The summed E-state index contributed by atoms with van der Waals surface area (Å²) in [5, 5.41) is 14.8. The van der Waals surface area contributed by atoms with E-state index in [1.807, 2.05) is 6.92 Å². The zero-order valence-corrected chi connectivity index (χ0v) is 18.2. The van der Waals surface area contributed by atoms with Crippen LogP contribution >= 0.6 is 23.2 Å². The summed E-state index contributed by atoms with van der Waals surface area (Å²) in [5.74, 6) is -0.768. The van der Waals surface area contributed by atoms with Crippen molar-refractivity contribution in [3.8, 4) is 0 Å². The number of nitrogens with zero attached hydrogens (tertiary/aromatic N) is 2. The van der Waals surface area contributed by atoms with Crippen LogP contribution in [0.15, 0.2) is 42.5 Å². The largest absolute Gasteiger partial charge is 0.354 e. The van der Waals surface area contributed by atoms with Gasteiger partial charge in [0, 0.05) is 40.3 Å². The number of nitro benzene ring substituents is 1. The van der Waals surface area contributed by atoms with E-state index in [-0.39, 0.29) is 30.1 Å². The first-order valence-corrected chi connectivity index (χ1v) is 10.2. The van der Waals surface area contributed by atoms with Gasteiger partial charge in [-0.1, -0.05) is 54.4 Å². The van der Waals surface area contributed by atoms with Gasteiger partial charge in [0.1, 0.15) is 6.04 Å². The summed E-state index contributed by atoms with van der Waals surface area (Å²) in [4.78, 5) is 37.8. The second-order valence-corrected chi connectivity index (χ2v) is 7.57. The lowest BCUT2D eigenvalue weighted by molar-refractivity contribution is -0.385. The van der Waals surface area contributed by atoms with E-state index in [1.54, 1.807) is 31.2 Å². The summed E-state index contributed by atoms with van der Waals surface area (Å²) in [6.45, 7) is 4.00. The molecule has 0 fully saturated rings. The number of carbonyl (C=O) groups is 2. The van der Waals surface area contributed by atoms with Crippen LogP contribution in [-0.4, -0.2) is 34.2 Å². The number of hydrogen-bond acceptors (Lipinski definition) is 4. The molecule has 160 valence electrons. The Kier molecular flexibility index (Phi) is 8.62. The highest BCUT2D eigenvalue weighted by molar-refractivity contribution is 6.36. The Balaban J connectivity index is 2.36. The summed E-state index contributed by atoms with van der Waals surface area (Å²) in [5.41, 5.74) is 0.625. The Hall–Kier alpha value is -2.64. The van der Waals surface area contributed by atoms with Crippen LogP contribution in [0, 0.1) is 10.1 Å². The van der Waals surface area contributed by atoms with Crippen molar-refractivity contribution >= 4 is 40.7 Å². The number of benzene rings is 2. The normalized spacial score (nSPS) is 11.6. The minimum atomic E-state index is -0.820. The molecular formula is C21H23Cl2N3O4. The van der Waals surface area contributed by atoms with E-state index in [1.165, 1.54) is 23.1 Å². The highest BCUT2D eigenvalue weighted by Gasteiger charge is 2.28. The van der Waals surface area contributed by atoms with Crippen LogP contribution < -0.4 is 5.32 Å². The standard InChI is InChI=1S/C21H23Cl2N3O4/c1-3-11-24-21(28)14(2)25(13-16-17(22)8-6-9-18(16)23)20(27)12-15-7-4-5-10-19(15)26(29)30/h4-10,14H,3,11-13H2,1-2H3,(H,24,28)/t14-/m1/s1. The smallest absolute Gasteiger partial charge is 0.273 e. The third-order valence-corrected chi connectivity index (χ3v) is 5.34. The fourth-order valence-corrected chi connectivity index (χ4v) is 3.45. The molecule has 7 nitrogen and oxygen atoms in total. The minimum Gasteiger partial charge on any atom is -0.354 e.